The summed E-state index contributed by atoms with van der Waals surface area (Å²) in [5, 5.41) is 8.91. The molecule has 0 fully saturated rings. The zero-order valence-corrected chi connectivity index (χ0v) is 11.5. The van der Waals surface area contributed by atoms with E-state index in [0.29, 0.717) is 11.3 Å². The third-order valence-electron chi connectivity index (χ3n) is 2.72. The molecule has 2 rings (SSSR count). The summed E-state index contributed by atoms with van der Waals surface area (Å²) in [7, 11) is -3.36. The van der Waals surface area contributed by atoms with Crippen LogP contribution in [-0.4, -0.2) is 20.8 Å². The predicted molar refractivity (Wildman–Crippen MR) is 75.1 cm³/mol. The van der Waals surface area contributed by atoms with E-state index in [-0.39, 0.29) is 17.3 Å². The van der Waals surface area contributed by atoms with Crippen LogP contribution in [0.2, 0.25) is 0 Å². The van der Waals surface area contributed by atoms with Crippen LogP contribution in [0, 0.1) is 11.3 Å². The fourth-order valence-corrected chi connectivity index (χ4v) is 2.80. The molecule has 4 nitrogen and oxygen atoms in total. The van der Waals surface area contributed by atoms with Gasteiger partial charge in [0.1, 0.15) is 18.4 Å². The summed E-state index contributed by atoms with van der Waals surface area (Å²) in [5.41, 5.74) is 0.393. The van der Waals surface area contributed by atoms with Crippen molar-refractivity contribution in [3.8, 4) is 11.8 Å². The molecule has 20 heavy (non-hydrogen) atoms. The number of sulfone groups is 1. The normalized spacial score (nSPS) is 10.8. The van der Waals surface area contributed by atoms with E-state index < -0.39 is 9.84 Å². The van der Waals surface area contributed by atoms with E-state index in [9.17, 15) is 8.42 Å². The van der Waals surface area contributed by atoms with Crippen LogP contribution in [0.1, 0.15) is 5.56 Å². The lowest BCUT2D eigenvalue weighted by molar-refractivity contribution is 0.340. The van der Waals surface area contributed by atoms with Gasteiger partial charge in [0.25, 0.3) is 0 Å². The predicted octanol–water partition coefficient (Wildman–Crippen LogP) is 2.41. The second-order valence-electron chi connectivity index (χ2n) is 4.09. The zero-order chi connectivity index (χ0) is 14.4. The minimum absolute atomic E-state index is 0.00984. The average molecular weight is 287 g/mol. The number of ether oxygens (including phenoxy) is 1. The van der Waals surface area contributed by atoms with Gasteiger partial charge in [0.15, 0.2) is 9.84 Å². The molecule has 0 bridgehead atoms. The second kappa shape index (κ2) is 6.22. The summed E-state index contributed by atoms with van der Waals surface area (Å²) < 4.78 is 29.4. The topological polar surface area (TPSA) is 67.2 Å². The quantitative estimate of drug-likeness (QED) is 0.847. The summed E-state index contributed by atoms with van der Waals surface area (Å²) in [6, 6.07) is 17.0. The van der Waals surface area contributed by atoms with Gasteiger partial charge in [0.05, 0.1) is 16.2 Å². The van der Waals surface area contributed by atoms with Gasteiger partial charge in [0.2, 0.25) is 0 Å². The Morgan fingerprint density at radius 3 is 2.35 bits per heavy atom. The summed E-state index contributed by atoms with van der Waals surface area (Å²) in [6.07, 6.45) is 0. The maximum absolute atomic E-state index is 12.0. The van der Waals surface area contributed by atoms with Crippen LogP contribution >= 0.6 is 0 Å². The largest absolute Gasteiger partial charge is 0.491 e. The first-order chi connectivity index (χ1) is 9.63. The molecule has 102 valence electrons. The van der Waals surface area contributed by atoms with Gasteiger partial charge in [0, 0.05) is 0 Å². The number of nitriles is 1. The highest BCUT2D eigenvalue weighted by atomic mass is 32.2. The maximum atomic E-state index is 12.0. The molecule has 0 aliphatic rings. The van der Waals surface area contributed by atoms with Crippen LogP contribution in [-0.2, 0) is 9.84 Å². The molecule has 0 N–H and O–H groups in total. The molecular weight excluding hydrogens is 274 g/mol. The van der Waals surface area contributed by atoms with Gasteiger partial charge >= 0.3 is 0 Å². The molecule has 0 amide bonds. The number of nitrogens with zero attached hydrogens (tertiary/aromatic N) is 1. The first kappa shape index (κ1) is 14.1. The molecule has 0 aliphatic carbocycles. The zero-order valence-electron chi connectivity index (χ0n) is 10.7. The van der Waals surface area contributed by atoms with Gasteiger partial charge in [-0.2, -0.15) is 5.26 Å². The number of hydrogen-bond acceptors (Lipinski definition) is 4. The van der Waals surface area contributed by atoms with Crippen LogP contribution in [0.4, 0.5) is 0 Å². The van der Waals surface area contributed by atoms with Crippen molar-refractivity contribution in [3.05, 3.63) is 60.2 Å². The third kappa shape index (κ3) is 3.37. The van der Waals surface area contributed by atoms with Crippen molar-refractivity contribution in [2.45, 2.75) is 4.90 Å². The van der Waals surface area contributed by atoms with Crippen molar-refractivity contribution in [1.82, 2.24) is 0 Å². The second-order valence-corrected chi connectivity index (χ2v) is 6.20. The van der Waals surface area contributed by atoms with Gasteiger partial charge in [-0.15, -0.1) is 0 Å². The molecule has 0 atom stereocenters. The fourth-order valence-electron chi connectivity index (χ4n) is 1.69. The maximum Gasteiger partial charge on any atom is 0.181 e. The summed E-state index contributed by atoms with van der Waals surface area (Å²) in [4.78, 5) is 0.275. The van der Waals surface area contributed by atoms with Crippen molar-refractivity contribution >= 4 is 9.84 Å². The highest BCUT2D eigenvalue weighted by molar-refractivity contribution is 7.91. The minimum atomic E-state index is -3.36. The lowest BCUT2D eigenvalue weighted by Crippen LogP contribution is -2.14. The summed E-state index contributed by atoms with van der Waals surface area (Å²) in [6.45, 7) is 0.00984. The van der Waals surface area contributed by atoms with E-state index in [4.69, 9.17) is 10.00 Å². The number of para-hydroxylation sites is 1. The smallest absolute Gasteiger partial charge is 0.181 e. The van der Waals surface area contributed by atoms with Crippen LogP contribution < -0.4 is 4.74 Å². The van der Waals surface area contributed by atoms with Crippen LogP contribution in [0.5, 0.6) is 5.75 Å². The van der Waals surface area contributed by atoms with Gasteiger partial charge < -0.3 is 4.74 Å². The number of benzene rings is 2. The molecule has 0 radical (unpaired) electrons. The van der Waals surface area contributed by atoms with E-state index in [1.54, 1.807) is 54.6 Å². The Balaban J connectivity index is 2.02. The molecule has 0 aliphatic heterocycles. The van der Waals surface area contributed by atoms with Crippen molar-refractivity contribution in [1.29, 1.82) is 5.26 Å². The molecule has 0 aromatic heterocycles. The van der Waals surface area contributed by atoms with Crippen LogP contribution in [0.25, 0.3) is 0 Å². The monoisotopic (exact) mass is 287 g/mol. The van der Waals surface area contributed by atoms with Crippen LogP contribution in [0.3, 0.4) is 0 Å². The van der Waals surface area contributed by atoms with E-state index >= 15 is 0 Å². The molecule has 5 heteroatoms. The Morgan fingerprint density at radius 2 is 1.65 bits per heavy atom. The standard InChI is InChI=1S/C15H13NO3S/c16-12-13-6-4-5-9-15(13)19-10-11-20(17,18)14-7-2-1-3-8-14/h1-9H,10-11H2. The average Bonchev–Trinajstić information content (AvgIpc) is 2.48. The fraction of sp³-hybridized carbons (Fsp3) is 0.133. The van der Waals surface area contributed by atoms with E-state index in [1.807, 2.05) is 6.07 Å². The Labute approximate surface area is 118 Å². The SMILES string of the molecule is N#Cc1ccccc1OCCS(=O)(=O)c1ccccc1. The van der Waals surface area contributed by atoms with E-state index in [0.717, 1.165) is 0 Å². The van der Waals surface area contributed by atoms with Crippen molar-refractivity contribution in [2.75, 3.05) is 12.4 Å². The minimum Gasteiger partial charge on any atom is -0.491 e. The van der Waals surface area contributed by atoms with Gasteiger partial charge in [-0.05, 0) is 24.3 Å². The molecular formula is C15H13NO3S. The van der Waals surface area contributed by atoms with Gasteiger partial charge in [-0.1, -0.05) is 30.3 Å². The molecule has 2 aromatic rings. The van der Waals surface area contributed by atoms with Gasteiger partial charge in [-0.3, -0.25) is 0 Å². The lowest BCUT2D eigenvalue weighted by atomic mass is 10.2. The van der Waals surface area contributed by atoms with Crippen LogP contribution in [0.15, 0.2) is 59.5 Å². The molecule has 0 saturated carbocycles. The summed E-state index contributed by atoms with van der Waals surface area (Å²) >= 11 is 0. The molecule has 0 unspecified atom stereocenters. The molecule has 2 aromatic carbocycles. The highest BCUT2D eigenvalue weighted by Crippen LogP contribution is 2.17. The third-order valence-corrected chi connectivity index (χ3v) is 4.41. The van der Waals surface area contributed by atoms with Crippen molar-refractivity contribution in [3.63, 3.8) is 0 Å². The van der Waals surface area contributed by atoms with Crippen molar-refractivity contribution in [2.24, 2.45) is 0 Å². The van der Waals surface area contributed by atoms with Gasteiger partial charge in [-0.25, -0.2) is 8.42 Å². The first-order valence-corrected chi connectivity index (χ1v) is 7.68. The highest BCUT2D eigenvalue weighted by Gasteiger charge is 2.14. The molecule has 0 saturated heterocycles. The van der Waals surface area contributed by atoms with Crippen molar-refractivity contribution < 1.29 is 13.2 Å². The Bertz CT molecular complexity index is 718. The lowest BCUT2D eigenvalue weighted by Gasteiger charge is -2.08. The summed E-state index contributed by atoms with van der Waals surface area (Å²) in [5.74, 6) is 0.273. The number of rotatable bonds is 5. The Kier molecular flexibility index (Phi) is 4.38. The molecule has 0 heterocycles. The Morgan fingerprint density at radius 1 is 1.00 bits per heavy atom. The number of hydrogen-bond donors (Lipinski definition) is 0. The first-order valence-electron chi connectivity index (χ1n) is 6.03. The Hall–Kier alpha value is -2.32. The molecule has 0 spiro atoms. The van der Waals surface area contributed by atoms with E-state index in [1.165, 1.54) is 0 Å². The van der Waals surface area contributed by atoms with E-state index in [2.05, 4.69) is 0 Å².